The van der Waals surface area contributed by atoms with E-state index < -0.39 is 0 Å². The predicted octanol–water partition coefficient (Wildman–Crippen LogP) is -1.31. The van der Waals surface area contributed by atoms with Gasteiger partial charge in [0.25, 0.3) is 0 Å². The van der Waals surface area contributed by atoms with Crippen LogP contribution in [0, 0.1) is 13.5 Å². The van der Waals surface area contributed by atoms with Crippen molar-refractivity contribution in [2.75, 3.05) is 38.1 Å². The van der Waals surface area contributed by atoms with Crippen molar-refractivity contribution >= 4 is 5.69 Å². The van der Waals surface area contributed by atoms with Crippen LogP contribution in [-0.4, -0.2) is 38.1 Å². The van der Waals surface area contributed by atoms with Crippen molar-refractivity contribution in [3.63, 3.8) is 0 Å². The fourth-order valence-electron chi connectivity index (χ4n) is 1.65. The minimum absolute atomic E-state index is 0. The zero-order chi connectivity index (χ0) is 9.10. The summed E-state index contributed by atoms with van der Waals surface area (Å²) in [6.07, 6.45) is 0. The maximum Gasteiger partial charge on any atom is 1.00 e. The molecule has 1 aromatic carbocycles. The summed E-state index contributed by atoms with van der Waals surface area (Å²) in [5.41, 5.74) is 1.30. The van der Waals surface area contributed by atoms with Gasteiger partial charge < -0.3 is 17.2 Å². The normalized spacial score (nSPS) is 16.5. The van der Waals surface area contributed by atoms with Crippen LogP contribution in [0.2, 0.25) is 0 Å². The molecule has 0 N–H and O–H groups in total. The molecule has 78 valence electrons. The molecule has 1 aromatic rings. The first-order valence-corrected chi connectivity index (χ1v) is 4.76. The van der Waals surface area contributed by atoms with Gasteiger partial charge in [-0.1, -0.05) is 5.69 Å². The molecule has 1 aliphatic heterocycles. The summed E-state index contributed by atoms with van der Waals surface area (Å²) >= 11 is 0. The predicted molar refractivity (Wildman–Crippen MR) is 61.4 cm³/mol. The molecule has 1 aliphatic rings. The van der Waals surface area contributed by atoms with E-state index in [4.69, 9.17) is 0 Å². The van der Waals surface area contributed by atoms with Crippen LogP contribution in [0.25, 0.3) is 0 Å². The van der Waals surface area contributed by atoms with Gasteiger partial charge in [-0.3, -0.25) is 0 Å². The Morgan fingerprint density at radius 3 is 2.40 bits per heavy atom. The molecule has 2 rings (SSSR count). The van der Waals surface area contributed by atoms with Gasteiger partial charge in [-0.25, -0.2) is 0 Å². The number of nitrogens with zero attached hydrogens (tertiary/aromatic N) is 2. The van der Waals surface area contributed by atoms with E-state index in [9.17, 15) is 0 Å². The third kappa shape index (κ3) is 4.55. The molecule has 1 saturated heterocycles. The molecular weight excluding hydrogens is 211 g/mol. The second-order valence-corrected chi connectivity index (χ2v) is 3.55. The minimum Gasteiger partial charge on any atom is -0.421 e. The number of likely N-dealkylation sites (N-methyl/N-ethyl adjacent to an activating group) is 1. The number of piperazine rings is 1. The van der Waals surface area contributed by atoms with Gasteiger partial charge in [0.2, 0.25) is 0 Å². The molecule has 0 bridgehead atoms. The fourth-order valence-corrected chi connectivity index (χ4v) is 1.65. The minimum atomic E-state index is 0. The van der Waals surface area contributed by atoms with Crippen molar-refractivity contribution in [3.8, 4) is 0 Å². The van der Waals surface area contributed by atoms with Crippen molar-refractivity contribution in [1.29, 1.82) is 0 Å². The van der Waals surface area contributed by atoms with Crippen LogP contribution >= 0.6 is 0 Å². The molecular formula is C12H18KN2-. The van der Waals surface area contributed by atoms with Crippen molar-refractivity contribution in [3.05, 3.63) is 37.8 Å². The van der Waals surface area contributed by atoms with Gasteiger partial charge in [0, 0.05) is 26.2 Å². The van der Waals surface area contributed by atoms with Crippen LogP contribution in [0.4, 0.5) is 5.69 Å². The van der Waals surface area contributed by atoms with E-state index in [1.54, 1.807) is 0 Å². The van der Waals surface area contributed by atoms with Crippen molar-refractivity contribution < 1.29 is 51.4 Å². The first-order chi connectivity index (χ1) is 6.36. The van der Waals surface area contributed by atoms with Crippen LogP contribution in [0.1, 0.15) is 0 Å². The molecule has 1 heterocycles. The molecule has 0 unspecified atom stereocenters. The summed E-state index contributed by atoms with van der Waals surface area (Å²) < 4.78 is 0. The van der Waals surface area contributed by atoms with Crippen molar-refractivity contribution in [2.24, 2.45) is 0 Å². The number of hydrogen-bond donors (Lipinski definition) is 0. The molecule has 0 saturated carbocycles. The van der Waals surface area contributed by atoms with Crippen molar-refractivity contribution in [1.82, 2.24) is 4.90 Å². The van der Waals surface area contributed by atoms with Gasteiger partial charge in [0.05, 0.1) is 0 Å². The number of anilines is 1. The van der Waals surface area contributed by atoms with E-state index in [0.29, 0.717) is 0 Å². The maximum atomic E-state index is 3.11. The zero-order valence-corrected chi connectivity index (χ0v) is 13.2. The standard InChI is InChI=1S/C11H15N2.CH3.K/c1-12-7-9-13(10-8-12)11-5-3-2-4-6-11;;/h2-3,5-6H,7-10H2,1H3;1H3;/q2*-1;+1. The molecule has 0 atom stereocenters. The molecule has 15 heavy (non-hydrogen) atoms. The second-order valence-electron chi connectivity index (χ2n) is 3.55. The van der Waals surface area contributed by atoms with Gasteiger partial charge in [-0.05, 0) is 7.05 Å². The zero-order valence-electron chi connectivity index (χ0n) is 10.0. The van der Waals surface area contributed by atoms with Gasteiger partial charge >= 0.3 is 51.4 Å². The fraction of sp³-hybridized carbons (Fsp3) is 0.417. The number of hydrogen-bond acceptors (Lipinski definition) is 2. The van der Waals surface area contributed by atoms with E-state index in [-0.39, 0.29) is 58.8 Å². The first kappa shape index (κ1) is 15.6. The Morgan fingerprint density at radius 1 is 1.20 bits per heavy atom. The summed E-state index contributed by atoms with van der Waals surface area (Å²) in [6, 6.07) is 11.3. The van der Waals surface area contributed by atoms with Crippen LogP contribution in [0.15, 0.2) is 24.3 Å². The Labute approximate surface area is 136 Å². The van der Waals surface area contributed by atoms with Crippen LogP contribution in [-0.2, 0) is 0 Å². The van der Waals surface area contributed by atoms with Crippen molar-refractivity contribution in [2.45, 2.75) is 0 Å². The molecule has 0 spiro atoms. The Balaban J connectivity index is 0.000000980. The van der Waals surface area contributed by atoms with E-state index in [1.807, 2.05) is 12.1 Å². The van der Waals surface area contributed by atoms with E-state index >= 15 is 0 Å². The summed E-state index contributed by atoms with van der Waals surface area (Å²) in [7, 11) is 2.18. The van der Waals surface area contributed by atoms with Gasteiger partial charge in [-0.15, -0.1) is 6.07 Å². The molecule has 0 amide bonds. The summed E-state index contributed by atoms with van der Waals surface area (Å²) in [4.78, 5) is 4.78. The van der Waals surface area contributed by atoms with Crippen LogP contribution in [0.5, 0.6) is 0 Å². The summed E-state index contributed by atoms with van der Waals surface area (Å²) in [5.74, 6) is 0. The Kier molecular flexibility index (Phi) is 8.14. The molecule has 1 fully saturated rings. The molecule has 2 nitrogen and oxygen atoms in total. The van der Waals surface area contributed by atoms with Gasteiger partial charge in [-0.2, -0.15) is 24.3 Å². The Morgan fingerprint density at radius 2 is 1.87 bits per heavy atom. The summed E-state index contributed by atoms with van der Waals surface area (Å²) in [5, 5.41) is 0. The molecule has 0 aromatic heterocycles. The topological polar surface area (TPSA) is 6.48 Å². The Hall–Kier alpha value is 0.616. The van der Waals surface area contributed by atoms with E-state index in [2.05, 4.69) is 35.0 Å². The maximum absolute atomic E-state index is 3.11. The van der Waals surface area contributed by atoms with E-state index in [1.165, 1.54) is 5.69 Å². The average Bonchev–Trinajstić information content (AvgIpc) is 2.20. The molecule has 0 aliphatic carbocycles. The first-order valence-electron chi connectivity index (χ1n) is 4.76. The van der Waals surface area contributed by atoms with Gasteiger partial charge in [0.15, 0.2) is 0 Å². The second kappa shape index (κ2) is 7.82. The average molecular weight is 229 g/mol. The quantitative estimate of drug-likeness (QED) is 0.436. The molecule has 3 heteroatoms. The third-order valence-electron chi connectivity index (χ3n) is 2.56. The Bertz CT molecular complexity index is 256. The van der Waals surface area contributed by atoms with Crippen LogP contribution in [0.3, 0.4) is 0 Å². The van der Waals surface area contributed by atoms with E-state index in [0.717, 1.165) is 26.2 Å². The molecule has 0 radical (unpaired) electrons. The van der Waals surface area contributed by atoms with Crippen LogP contribution < -0.4 is 56.3 Å². The third-order valence-corrected chi connectivity index (χ3v) is 2.56. The van der Waals surface area contributed by atoms with Gasteiger partial charge in [0.1, 0.15) is 0 Å². The summed E-state index contributed by atoms with van der Waals surface area (Å²) in [6.45, 7) is 4.59. The monoisotopic (exact) mass is 229 g/mol. The number of benzene rings is 1. The largest absolute Gasteiger partial charge is 1.00 e. The SMILES string of the molecule is CN1CCN(c2c[c-]ccc2)CC1.[CH3-].[K+]. The number of rotatable bonds is 1. The smallest absolute Gasteiger partial charge is 0.421 e.